The fourth-order valence-corrected chi connectivity index (χ4v) is 4.99. The molecule has 1 aromatic heterocycles. The van der Waals surface area contributed by atoms with Crippen LogP contribution in [0.2, 0.25) is 0 Å². The summed E-state index contributed by atoms with van der Waals surface area (Å²) in [5, 5.41) is 11.3. The van der Waals surface area contributed by atoms with E-state index in [0.29, 0.717) is 30.1 Å². The normalized spacial score (nSPS) is 23.0. The van der Waals surface area contributed by atoms with Gasteiger partial charge in [-0.15, -0.1) is 11.3 Å². The molecule has 0 unspecified atom stereocenters. The second kappa shape index (κ2) is 9.41. The Morgan fingerprint density at radius 2 is 1.84 bits per heavy atom. The summed E-state index contributed by atoms with van der Waals surface area (Å²) in [6, 6.07) is 0.221. The zero-order valence-electron chi connectivity index (χ0n) is 17.8. The van der Waals surface area contributed by atoms with Gasteiger partial charge in [0.1, 0.15) is 5.01 Å². The molecule has 2 atom stereocenters. The van der Waals surface area contributed by atoms with E-state index in [1.807, 2.05) is 16.7 Å². The van der Waals surface area contributed by atoms with Gasteiger partial charge in [0, 0.05) is 49.8 Å². The number of aliphatic hydroxyl groups is 1. The molecule has 0 saturated carbocycles. The lowest BCUT2D eigenvalue weighted by Crippen LogP contribution is -2.54. The van der Waals surface area contributed by atoms with E-state index >= 15 is 0 Å². The van der Waals surface area contributed by atoms with Crippen LogP contribution in [0.5, 0.6) is 0 Å². The van der Waals surface area contributed by atoms with Crippen LogP contribution in [0, 0.1) is 6.92 Å². The Bertz CT molecular complexity index is 795. The molecule has 174 valence electrons. The van der Waals surface area contributed by atoms with Crippen molar-refractivity contribution in [3.05, 3.63) is 16.1 Å². The number of hydrogen-bond acceptors (Lipinski definition) is 6. The first-order valence-corrected chi connectivity index (χ1v) is 11.4. The molecule has 2 amide bonds. The number of carbonyl (C=O) groups excluding carboxylic acids is 2. The first-order chi connectivity index (χ1) is 14.5. The van der Waals surface area contributed by atoms with Crippen molar-refractivity contribution < 1.29 is 27.9 Å². The standard InChI is InChI=1S/C20H29F3N4O3S/c1-14-13-31-18(24-14)19(30,20(21,22)23)11-16(28)26-9-7-25(8-10-26)12-17(29)27-6-4-3-5-15(27)2/h13,15,30H,3-12H2,1-2H3/t15-,19+/m1/s1. The molecular formula is C20H29F3N4O3S. The highest BCUT2D eigenvalue weighted by atomic mass is 32.1. The highest BCUT2D eigenvalue weighted by Gasteiger charge is 2.58. The third-order valence-corrected chi connectivity index (χ3v) is 7.17. The van der Waals surface area contributed by atoms with Gasteiger partial charge in [-0.3, -0.25) is 14.5 Å². The maximum atomic E-state index is 13.6. The number of thiazole rings is 1. The van der Waals surface area contributed by atoms with Gasteiger partial charge in [0.15, 0.2) is 0 Å². The number of nitrogens with zero attached hydrogens (tertiary/aromatic N) is 4. The molecule has 31 heavy (non-hydrogen) atoms. The van der Waals surface area contributed by atoms with E-state index in [1.165, 1.54) is 17.2 Å². The summed E-state index contributed by atoms with van der Waals surface area (Å²) in [4.78, 5) is 34.1. The van der Waals surface area contributed by atoms with Gasteiger partial charge >= 0.3 is 6.18 Å². The molecule has 2 aliphatic heterocycles. The number of aryl methyl sites for hydroxylation is 1. The molecule has 0 bridgehead atoms. The third-order valence-electron chi connectivity index (χ3n) is 6.06. The fourth-order valence-electron chi connectivity index (χ4n) is 4.08. The Labute approximate surface area is 183 Å². The van der Waals surface area contributed by atoms with E-state index < -0.39 is 29.1 Å². The van der Waals surface area contributed by atoms with Crippen LogP contribution in [0.25, 0.3) is 0 Å². The number of piperidine rings is 1. The van der Waals surface area contributed by atoms with Crippen molar-refractivity contribution >= 4 is 23.2 Å². The number of amides is 2. The van der Waals surface area contributed by atoms with Crippen LogP contribution in [0.3, 0.4) is 0 Å². The predicted octanol–water partition coefficient (Wildman–Crippen LogP) is 2.14. The van der Waals surface area contributed by atoms with Crippen molar-refractivity contribution in [3.63, 3.8) is 0 Å². The Kier molecular flexibility index (Phi) is 7.27. The topological polar surface area (TPSA) is 77.0 Å². The molecule has 1 N–H and O–H groups in total. The lowest BCUT2D eigenvalue weighted by atomic mass is 9.98. The van der Waals surface area contributed by atoms with Crippen LogP contribution >= 0.6 is 11.3 Å². The number of aromatic nitrogens is 1. The number of halogens is 3. The summed E-state index contributed by atoms with van der Waals surface area (Å²) in [6.45, 7) is 5.81. The van der Waals surface area contributed by atoms with Crippen molar-refractivity contribution in [3.8, 4) is 0 Å². The fraction of sp³-hybridized carbons (Fsp3) is 0.750. The van der Waals surface area contributed by atoms with Gasteiger partial charge in [0.25, 0.3) is 0 Å². The van der Waals surface area contributed by atoms with E-state index in [0.717, 1.165) is 25.8 Å². The number of likely N-dealkylation sites (tertiary alicyclic amines) is 1. The van der Waals surface area contributed by atoms with Gasteiger partial charge in [-0.1, -0.05) is 0 Å². The lowest BCUT2D eigenvalue weighted by Gasteiger charge is -2.38. The average molecular weight is 463 g/mol. The smallest absolute Gasteiger partial charge is 0.374 e. The largest absolute Gasteiger partial charge is 0.424 e. The monoisotopic (exact) mass is 462 g/mol. The maximum Gasteiger partial charge on any atom is 0.424 e. The van der Waals surface area contributed by atoms with Crippen LogP contribution in [0.15, 0.2) is 5.38 Å². The van der Waals surface area contributed by atoms with Gasteiger partial charge in [-0.25, -0.2) is 4.98 Å². The summed E-state index contributed by atoms with van der Waals surface area (Å²) < 4.78 is 40.9. The molecule has 2 saturated heterocycles. The molecule has 11 heteroatoms. The first-order valence-electron chi connectivity index (χ1n) is 10.5. The SMILES string of the molecule is Cc1csc([C@@](O)(CC(=O)N2CCN(CC(=O)N3CCCC[C@H]3C)CC2)C(F)(F)F)n1. The minimum absolute atomic E-state index is 0.0533. The van der Waals surface area contributed by atoms with Crippen molar-refractivity contribution in [1.82, 2.24) is 19.7 Å². The lowest BCUT2D eigenvalue weighted by molar-refractivity contribution is -0.268. The van der Waals surface area contributed by atoms with Crippen LogP contribution in [0.4, 0.5) is 13.2 Å². The van der Waals surface area contributed by atoms with Gasteiger partial charge in [0.2, 0.25) is 17.4 Å². The Balaban J connectivity index is 1.56. The predicted molar refractivity (Wildman–Crippen MR) is 109 cm³/mol. The van der Waals surface area contributed by atoms with E-state index in [2.05, 4.69) is 4.98 Å². The molecule has 0 aromatic carbocycles. The Morgan fingerprint density at radius 3 is 2.39 bits per heavy atom. The molecule has 2 aliphatic rings. The Morgan fingerprint density at radius 1 is 1.16 bits per heavy atom. The quantitative estimate of drug-likeness (QED) is 0.726. The van der Waals surface area contributed by atoms with Gasteiger partial charge < -0.3 is 14.9 Å². The number of hydrogen-bond donors (Lipinski definition) is 1. The van der Waals surface area contributed by atoms with Crippen molar-refractivity contribution in [2.24, 2.45) is 0 Å². The molecule has 3 rings (SSSR count). The minimum Gasteiger partial charge on any atom is -0.374 e. The molecule has 2 fully saturated rings. The Hall–Kier alpha value is -1.72. The van der Waals surface area contributed by atoms with Crippen molar-refractivity contribution in [1.29, 1.82) is 0 Å². The zero-order valence-corrected chi connectivity index (χ0v) is 18.6. The van der Waals surface area contributed by atoms with Crippen LogP contribution < -0.4 is 0 Å². The maximum absolute atomic E-state index is 13.6. The number of rotatable bonds is 5. The molecule has 0 spiro atoms. The van der Waals surface area contributed by atoms with E-state index in [-0.39, 0.29) is 31.6 Å². The number of alkyl halides is 3. The summed E-state index contributed by atoms with van der Waals surface area (Å²) >= 11 is 0.691. The molecule has 1 aromatic rings. The second-order valence-corrected chi connectivity index (χ2v) is 9.28. The minimum atomic E-state index is -5.02. The van der Waals surface area contributed by atoms with E-state index in [4.69, 9.17) is 0 Å². The summed E-state index contributed by atoms with van der Waals surface area (Å²) in [6.07, 6.45) is -3.01. The molecule has 3 heterocycles. The average Bonchev–Trinajstić information content (AvgIpc) is 3.14. The highest BCUT2D eigenvalue weighted by molar-refractivity contribution is 7.09. The van der Waals surface area contributed by atoms with Gasteiger partial charge in [0.05, 0.1) is 13.0 Å². The van der Waals surface area contributed by atoms with E-state index in [1.54, 1.807) is 0 Å². The van der Waals surface area contributed by atoms with Gasteiger partial charge in [-0.2, -0.15) is 13.2 Å². The zero-order chi connectivity index (χ0) is 22.8. The summed E-state index contributed by atoms with van der Waals surface area (Å²) in [5.41, 5.74) is -2.95. The number of carbonyl (C=O) groups is 2. The van der Waals surface area contributed by atoms with Crippen LogP contribution in [0.1, 0.15) is 43.3 Å². The molecule has 7 nitrogen and oxygen atoms in total. The highest BCUT2D eigenvalue weighted by Crippen LogP contribution is 2.43. The third kappa shape index (κ3) is 5.38. The van der Waals surface area contributed by atoms with Crippen LogP contribution in [-0.4, -0.2) is 88.1 Å². The molecule has 0 aliphatic carbocycles. The summed E-state index contributed by atoms with van der Waals surface area (Å²) in [7, 11) is 0. The molecular weight excluding hydrogens is 433 g/mol. The van der Waals surface area contributed by atoms with Gasteiger partial charge in [-0.05, 0) is 33.1 Å². The van der Waals surface area contributed by atoms with E-state index in [9.17, 15) is 27.9 Å². The van der Waals surface area contributed by atoms with Crippen LogP contribution in [-0.2, 0) is 15.2 Å². The van der Waals surface area contributed by atoms with Crippen molar-refractivity contribution in [2.45, 2.75) is 57.3 Å². The van der Waals surface area contributed by atoms with Crippen molar-refractivity contribution in [2.75, 3.05) is 39.3 Å². The molecule has 0 radical (unpaired) electrons. The second-order valence-electron chi connectivity index (χ2n) is 8.42. The first kappa shape index (κ1) is 23.9. The summed E-state index contributed by atoms with van der Waals surface area (Å²) in [5.74, 6) is -0.721. The number of piperazine rings is 1.